The van der Waals surface area contributed by atoms with Gasteiger partial charge in [0.25, 0.3) is 0 Å². The van der Waals surface area contributed by atoms with E-state index in [4.69, 9.17) is 34.8 Å². The third-order valence-corrected chi connectivity index (χ3v) is 3.39. The normalized spacial score (nSPS) is 10.8. The fourth-order valence-corrected chi connectivity index (χ4v) is 2.14. The molecule has 0 N–H and O–H groups in total. The van der Waals surface area contributed by atoms with Gasteiger partial charge in [-0.3, -0.25) is 0 Å². The van der Waals surface area contributed by atoms with Crippen molar-refractivity contribution in [1.82, 2.24) is 0 Å². The third-order valence-electron chi connectivity index (χ3n) is 2.50. The first-order valence-electron chi connectivity index (χ1n) is 4.56. The summed E-state index contributed by atoms with van der Waals surface area (Å²) in [5, 5.41) is 0.625. The first-order valence-corrected chi connectivity index (χ1v) is 5.70. The van der Waals surface area contributed by atoms with Crippen LogP contribution in [0.4, 0.5) is 0 Å². The Morgan fingerprint density at radius 1 is 1.33 bits per heavy atom. The molecule has 0 unspecified atom stereocenters. The summed E-state index contributed by atoms with van der Waals surface area (Å²) in [6.07, 6.45) is 2.64. The van der Waals surface area contributed by atoms with Gasteiger partial charge < -0.3 is 0 Å². The number of rotatable bonds is 3. The van der Waals surface area contributed by atoms with Gasteiger partial charge in [0.1, 0.15) is 0 Å². The molecule has 3 heteroatoms. The monoisotopic (exact) mass is 261 g/mol. The summed E-state index contributed by atoms with van der Waals surface area (Å²) in [5.41, 5.74) is 4.03. The third kappa shape index (κ3) is 2.69. The van der Waals surface area contributed by atoms with Crippen LogP contribution in [0.15, 0.2) is 18.7 Å². The van der Waals surface area contributed by atoms with Crippen molar-refractivity contribution in [3.05, 3.63) is 50.8 Å². The van der Waals surface area contributed by atoms with Crippen molar-refractivity contribution < 1.29 is 0 Å². The lowest BCUT2D eigenvalue weighted by atomic mass is 9.98. The molecule has 0 atom stereocenters. The Morgan fingerprint density at radius 3 is 2.40 bits per heavy atom. The predicted octanol–water partition coefficient (Wildman–Crippen LogP) is 5.00. The highest BCUT2D eigenvalue weighted by Gasteiger charge is 2.15. The van der Waals surface area contributed by atoms with Gasteiger partial charge in [-0.15, -0.1) is 6.58 Å². The second-order valence-corrected chi connectivity index (χ2v) is 4.73. The zero-order valence-corrected chi connectivity index (χ0v) is 11.0. The molecule has 0 saturated carbocycles. The summed E-state index contributed by atoms with van der Waals surface area (Å²) in [7, 11) is 0. The summed E-state index contributed by atoms with van der Waals surface area (Å²) in [4.78, 5) is 0.202. The second kappa shape index (κ2) is 5.25. The Morgan fingerprint density at radius 2 is 1.93 bits per heavy atom. The molecule has 0 aliphatic heterocycles. The molecule has 0 aromatic heterocycles. The van der Waals surface area contributed by atoms with Crippen LogP contribution in [0.1, 0.15) is 22.3 Å². The maximum atomic E-state index is 6.15. The van der Waals surface area contributed by atoms with Crippen LogP contribution >= 0.6 is 34.8 Å². The fourth-order valence-electron chi connectivity index (χ4n) is 1.46. The van der Waals surface area contributed by atoms with Gasteiger partial charge in [-0.1, -0.05) is 46.9 Å². The van der Waals surface area contributed by atoms with Crippen LogP contribution in [0.25, 0.3) is 0 Å². The molecule has 0 aliphatic carbocycles. The molecule has 81 valence electrons. The van der Waals surface area contributed by atoms with Crippen LogP contribution in [0, 0.1) is 18.7 Å². The average Bonchev–Trinajstić information content (AvgIpc) is 2.18. The smallest absolute Gasteiger partial charge is 0.103 e. The molecular formula is C12H12Cl3. The van der Waals surface area contributed by atoms with E-state index in [9.17, 15) is 0 Å². The zero-order valence-electron chi connectivity index (χ0n) is 8.70. The molecule has 0 fully saturated rings. The minimum Gasteiger partial charge on any atom is -0.103 e. The summed E-state index contributed by atoms with van der Waals surface area (Å²) in [6.45, 7) is 7.71. The number of allylic oxidation sites excluding steroid dienone is 1. The maximum Gasteiger partial charge on any atom is 0.181 e. The number of halogens is 3. The van der Waals surface area contributed by atoms with E-state index in [-0.39, 0.29) is 4.84 Å². The summed E-state index contributed by atoms with van der Waals surface area (Å²) < 4.78 is 0. The Kier molecular flexibility index (Phi) is 4.51. The van der Waals surface area contributed by atoms with E-state index in [0.29, 0.717) is 10.6 Å². The van der Waals surface area contributed by atoms with Crippen molar-refractivity contribution in [2.24, 2.45) is 0 Å². The fraction of sp³-hybridized carbons (Fsp3) is 0.250. The van der Waals surface area contributed by atoms with Crippen molar-refractivity contribution in [3.63, 3.8) is 0 Å². The van der Waals surface area contributed by atoms with Crippen molar-refractivity contribution in [3.8, 4) is 0 Å². The van der Waals surface area contributed by atoms with Crippen LogP contribution < -0.4 is 0 Å². The van der Waals surface area contributed by atoms with Crippen LogP contribution in [-0.2, 0) is 6.42 Å². The van der Waals surface area contributed by atoms with Gasteiger partial charge in [0, 0.05) is 5.56 Å². The molecule has 0 saturated heterocycles. The summed E-state index contributed by atoms with van der Waals surface area (Å²) in [5.74, 6) is 0. The van der Waals surface area contributed by atoms with Crippen LogP contribution in [0.5, 0.6) is 0 Å². The Bertz CT molecular complexity index is 381. The highest BCUT2D eigenvalue weighted by molar-refractivity contribution is 6.55. The lowest BCUT2D eigenvalue weighted by Gasteiger charge is -2.14. The van der Waals surface area contributed by atoms with Crippen LogP contribution in [0.2, 0.25) is 5.02 Å². The Hall–Kier alpha value is -0.170. The first-order chi connectivity index (χ1) is 6.99. The van der Waals surface area contributed by atoms with Gasteiger partial charge in [0.2, 0.25) is 0 Å². The van der Waals surface area contributed by atoms with E-state index in [1.807, 2.05) is 26.0 Å². The van der Waals surface area contributed by atoms with Crippen molar-refractivity contribution in [2.75, 3.05) is 0 Å². The topological polar surface area (TPSA) is 0 Å². The lowest BCUT2D eigenvalue weighted by molar-refractivity contribution is 1.17. The van der Waals surface area contributed by atoms with Gasteiger partial charge in [0.05, 0.1) is 5.02 Å². The van der Waals surface area contributed by atoms with E-state index >= 15 is 0 Å². The minimum absolute atomic E-state index is 0.202. The molecule has 1 aromatic rings. The van der Waals surface area contributed by atoms with Gasteiger partial charge in [0.15, 0.2) is 4.84 Å². The van der Waals surface area contributed by atoms with E-state index in [1.165, 1.54) is 5.56 Å². The van der Waals surface area contributed by atoms with Gasteiger partial charge in [-0.05, 0) is 37.0 Å². The predicted molar refractivity (Wildman–Crippen MR) is 68.9 cm³/mol. The highest BCUT2D eigenvalue weighted by atomic mass is 35.5. The molecule has 0 nitrogen and oxygen atoms in total. The molecular weight excluding hydrogens is 250 g/mol. The number of benzene rings is 1. The minimum atomic E-state index is 0.202. The lowest BCUT2D eigenvalue weighted by Crippen LogP contribution is -1.97. The Balaban J connectivity index is 3.37. The molecule has 0 heterocycles. The van der Waals surface area contributed by atoms with Gasteiger partial charge >= 0.3 is 0 Å². The van der Waals surface area contributed by atoms with E-state index in [2.05, 4.69) is 6.58 Å². The van der Waals surface area contributed by atoms with Crippen molar-refractivity contribution >= 4 is 34.8 Å². The van der Waals surface area contributed by atoms with Gasteiger partial charge in [-0.25, -0.2) is 0 Å². The largest absolute Gasteiger partial charge is 0.181 e. The quantitative estimate of drug-likeness (QED) is 0.673. The first kappa shape index (κ1) is 12.9. The van der Waals surface area contributed by atoms with E-state index < -0.39 is 0 Å². The van der Waals surface area contributed by atoms with Crippen molar-refractivity contribution in [2.45, 2.75) is 20.3 Å². The van der Waals surface area contributed by atoms with E-state index in [1.54, 1.807) is 0 Å². The summed E-state index contributed by atoms with van der Waals surface area (Å²) in [6, 6.07) is 1.92. The molecule has 1 rings (SSSR count). The molecule has 1 aromatic carbocycles. The number of hydrogen-bond donors (Lipinski definition) is 0. The molecule has 15 heavy (non-hydrogen) atoms. The number of hydrogen-bond acceptors (Lipinski definition) is 0. The summed E-state index contributed by atoms with van der Waals surface area (Å²) >= 11 is 17.7. The molecule has 0 amide bonds. The second-order valence-electron chi connectivity index (χ2n) is 3.40. The van der Waals surface area contributed by atoms with Crippen molar-refractivity contribution in [1.29, 1.82) is 0 Å². The highest BCUT2D eigenvalue weighted by Crippen LogP contribution is 2.35. The van der Waals surface area contributed by atoms with E-state index in [0.717, 1.165) is 17.5 Å². The Labute approximate surface area is 106 Å². The van der Waals surface area contributed by atoms with Crippen LogP contribution in [-0.4, -0.2) is 0 Å². The SMILES string of the molecule is C=CCc1cc([C](Cl)Cl)c(Cl)c(C)c1C. The standard InChI is InChI=1S/C12H12Cl3/c1-4-5-9-6-10(12(14)15)11(13)8(3)7(9)2/h4,6H,1,5H2,2-3H3. The average molecular weight is 263 g/mol. The zero-order chi connectivity index (χ0) is 11.6. The van der Waals surface area contributed by atoms with Crippen LogP contribution in [0.3, 0.4) is 0 Å². The molecule has 1 radical (unpaired) electrons. The van der Waals surface area contributed by atoms with Gasteiger partial charge in [-0.2, -0.15) is 0 Å². The molecule has 0 spiro atoms. The maximum absolute atomic E-state index is 6.15. The molecule has 0 aliphatic rings. The molecule has 0 bridgehead atoms.